The summed E-state index contributed by atoms with van der Waals surface area (Å²) in [4.78, 5) is 23.7. The Balaban J connectivity index is 2.00. The van der Waals surface area contributed by atoms with Crippen LogP contribution in [0.15, 0.2) is 24.3 Å². The lowest BCUT2D eigenvalue weighted by molar-refractivity contribution is 0.0600. The number of carbonyl (C=O) groups excluding carboxylic acids is 2. The van der Waals surface area contributed by atoms with E-state index in [0.29, 0.717) is 11.1 Å². The molecule has 1 N–H and O–H groups in total. The zero-order valence-electron chi connectivity index (χ0n) is 12.0. The van der Waals surface area contributed by atoms with Gasteiger partial charge in [0.15, 0.2) is 0 Å². The highest BCUT2D eigenvalue weighted by Crippen LogP contribution is 2.23. The number of methoxy groups -OCH3 is 1. The lowest BCUT2D eigenvalue weighted by Crippen LogP contribution is -2.37. The Morgan fingerprint density at radius 1 is 1.15 bits per heavy atom. The summed E-state index contributed by atoms with van der Waals surface area (Å²) in [7, 11) is 1.33. The molecule has 0 aromatic heterocycles. The summed E-state index contributed by atoms with van der Waals surface area (Å²) in [6.07, 6.45) is 4.38. The third-order valence-corrected chi connectivity index (χ3v) is 3.90. The van der Waals surface area contributed by atoms with Crippen LogP contribution in [0.2, 0.25) is 0 Å². The molecular formula is C16H21NO3. The second-order valence-corrected chi connectivity index (χ2v) is 5.50. The van der Waals surface area contributed by atoms with E-state index in [9.17, 15) is 9.59 Å². The Bertz CT molecular complexity index is 490. The third kappa shape index (κ3) is 3.59. The number of benzene rings is 1. The van der Waals surface area contributed by atoms with Gasteiger partial charge >= 0.3 is 5.97 Å². The molecule has 1 fully saturated rings. The average molecular weight is 275 g/mol. The second-order valence-electron chi connectivity index (χ2n) is 5.50. The third-order valence-electron chi connectivity index (χ3n) is 3.90. The molecule has 20 heavy (non-hydrogen) atoms. The Morgan fingerprint density at radius 2 is 1.80 bits per heavy atom. The van der Waals surface area contributed by atoms with Crippen LogP contribution >= 0.6 is 0 Å². The lowest BCUT2D eigenvalue weighted by Gasteiger charge is -2.26. The number of esters is 1. The van der Waals surface area contributed by atoms with E-state index in [4.69, 9.17) is 0 Å². The molecule has 0 bridgehead atoms. The monoisotopic (exact) mass is 275 g/mol. The molecule has 1 aromatic rings. The van der Waals surface area contributed by atoms with Crippen molar-refractivity contribution in [3.05, 3.63) is 35.4 Å². The Labute approximate surface area is 119 Å². The van der Waals surface area contributed by atoms with Crippen molar-refractivity contribution < 1.29 is 14.3 Å². The van der Waals surface area contributed by atoms with Gasteiger partial charge in [-0.3, -0.25) is 4.79 Å². The van der Waals surface area contributed by atoms with Gasteiger partial charge < -0.3 is 10.1 Å². The van der Waals surface area contributed by atoms with Gasteiger partial charge in [-0.15, -0.1) is 0 Å². The lowest BCUT2D eigenvalue weighted by atomic mass is 9.87. The van der Waals surface area contributed by atoms with Crippen LogP contribution in [0.25, 0.3) is 0 Å². The summed E-state index contributed by atoms with van der Waals surface area (Å²) in [5.74, 6) is 0.215. The van der Waals surface area contributed by atoms with Gasteiger partial charge in [-0.2, -0.15) is 0 Å². The molecule has 108 valence electrons. The molecule has 4 heteroatoms. The maximum Gasteiger partial charge on any atom is 0.337 e. The number of nitrogens with one attached hydrogen (secondary N) is 1. The van der Waals surface area contributed by atoms with Crippen molar-refractivity contribution in [3.8, 4) is 0 Å². The van der Waals surface area contributed by atoms with E-state index in [1.54, 1.807) is 24.3 Å². The minimum atomic E-state index is -0.425. The normalized spacial score (nSPS) is 22.1. The summed E-state index contributed by atoms with van der Waals surface area (Å²) in [6.45, 7) is 2.25. The zero-order chi connectivity index (χ0) is 14.5. The minimum absolute atomic E-state index is 0.115. The van der Waals surface area contributed by atoms with Crippen molar-refractivity contribution in [1.82, 2.24) is 5.32 Å². The van der Waals surface area contributed by atoms with Crippen molar-refractivity contribution in [1.29, 1.82) is 0 Å². The van der Waals surface area contributed by atoms with Crippen LogP contribution in [-0.2, 0) is 4.74 Å². The fourth-order valence-electron chi connectivity index (χ4n) is 2.58. The Kier molecular flexibility index (Phi) is 4.77. The largest absolute Gasteiger partial charge is 0.465 e. The van der Waals surface area contributed by atoms with Crippen molar-refractivity contribution in [2.75, 3.05) is 7.11 Å². The smallest absolute Gasteiger partial charge is 0.337 e. The molecule has 0 spiro atoms. The number of hydrogen-bond acceptors (Lipinski definition) is 3. The fourth-order valence-corrected chi connectivity index (χ4v) is 2.58. The molecule has 1 aliphatic carbocycles. The van der Waals surface area contributed by atoms with Gasteiger partial charge in [0.2, 0.25) is 0 Å². The molecule has 1 saturated carbocycles. The standard InChI is InChI=1S/C16H21NO3/c1-11-6-8-14(9-7-11)17-15(18)12-4-3-5-13(10-12)16(19)20-2/h3-5,10-11,14H,6-9H2,1-2H3,(H,17,18). The van der Waals surface area contributed by atoms with E-state index in [1.165, 1.54) is 7.11 Å². The first-order chi connectivity index (χ1) is 9.60. The van der Waals surface area contributed by atoms with E-state index in [-0.39, 0.29) is 11.9 Å². The SMILES string of the molecule is COC(=O)c1cccc(C(=O)NC2CCC(C)CC2)c1. The van der Waals surface area contributed by atoms with E-state index >= 15 is 0 Å². The molecule has 0 saturated heterocycles. The maximum atomic E-state index is 12.2. The quantitative estimate of drug-likeness (QED) is 0.863. The summed E-state index contributed by atoms with van der Waals surface area (Å²) in [6, 6.07) is 6.88. The maximum absolute atomic E-state index is 12.2. The molecule has 0 heterocycles. The number of carbonyl (C=O) groups is 2. The van der Waals surface area contributed by atoms with Gasteiger partial charge in [0.25, 0.3) is 5.91 Å². The van der Waals surface area contributed by atoms with Crippen molar-refractivity contribution in [2.45, 2.75) is 38.6 Å². The van der Waals surface area contributed by atoms with E-state index in [1.807, 2.05) is 0 Å². The van der Waals surface area contributed by atoms with Crippen LogP contribution in [0.3, 0.4) is 0 Å². The predicted octanol–water partition coefficient (Wildman–Crippen LogP) is 2.78. The first-order valence-electron chi connectivity index (χ1n) is 7.09. The number of rotatable bonds is 3. The predicted molar refractivity (Wildman–Crippen MR) is 76.7 cm³/mol. The van der Waals surface area contributed by atoms with Crippen molar-refractivity contribution in [2.24, 2.45) is 5.92 Å². The summed E-state index contributed by atoms with van der Waals surface area (Å²) >= 11 is 0. The average Bonchev–Trinajstić information content (AvgIpc) is 2.49. The van der Waals surface area contributed by atoms with E-state index < -0.39 is 5.97 Å². The summed E-state index contributed by atoms with van der Waals surface area (Å²) < 4.78 is 4.66. The van der Waals surface area contributed by atoms with Gasteiger partial charge in [0, 0.05) is 11.6 Å². The number of amides is 1. The number of hydrogen-bond donors (Lipinski definition) is 1. The van der Waals surface area contributed by atoms with Crippen LogP contribution in [0.4, 0.5) is 0 Å². The molecule has 0 atom stereocenters. The molecule has 1 aromatic carbocycles. The molecule has 1 amide bonds. The topological polar surface area (TPSA) is 55.4 Å². The zero-order valence-corrected chi connectivity index (χ0v) is 12.0. The summed E-state index contributed by atoms with van der Waals surface area (Å²) in [5.41, 5.74) is 0.906. The van der Waals surface area contributed by atoms with Crippen LogP contribution < -0.4 is 5.32 Å². The van der Waals surface area contributed by atoms with Crippen LogP contribution in [0, 0.1) is 5.92 Å². The van der Waals surface area contributed by atoms with Gasteiger partial charge in [0.1, 0.15) is 0 Å². The van der Waals surface area contributed by atoms with Crippen LogP contribution in [0.5, 0.6) is 0 Å². The molecule has 1 aliphatic rings. The minimum Gasteiger partial charge on any atom is -0.465 e. The van der Waals surface area contributed by atoms with Gasteiger partial charge in [-0.1, -0.05) is 13.0 Å². The van der Waals surface area contributed by atoms with E-state index in [0.717, 1.165) is 31.6 Å². The van der Waals surface area contributed by atoms with Crippen molar-refractivity contribution in [3.63, 3.8) is 0 Å². The van der Waals surface area contributed by atoms with Gasteiger partial charge in [0.05, 0.1) is 12.7 Å². The van der Waals surface area contributed by atoms with Crippen molar-refractivity contribution >= 4 is 11.9 Å². The van der Waals surface area contributed by atoms with E-state index in [2.05, 4.69) is 17.0 Å². The summed E-state index contributed by atoms with van der Waals surface area (Å²) in [5, 5.41) is 3.05. The Morgan fingerprint density at radius 3 is 2.45 bits per heavy atom. The molecule has 0 unspecified atom stereocenters. The highest BCUT2D eigenvalue weighted by Gasteiger charge is 2.20. The first kappa shape index (κ1) is 14.6. The molecular weight excluding hydrogens is 254 g/mol. The number of ether oxygens (including phenoxy) is 1. The molecule has 0 aliphatic heterocycles. The highest BCUT2D eigenvalue weighted by molar-refractivity contribution is 5.98. The highest BCUT2D eigenvalue weighted by atomic mass is 16.5. The van der Waals surface area contributed by atoms with Crippen LogP contribution in [0.1, 0.15) is 53.3 Å². The second kappa shape index (κ2) is 6.55. The first-order valence-corrected chi connectivity index (χ1v) is 7.09. The molecule has 2 rings (SSSR count). The Hall–Kier alpha value is -1.84. The molecule has 4 nitrogen and oxygen atoms in total. The van der Waals surface area contributed by atoms with Gasteiger partial charge in [-0.05, 0) is 49.8 Å². The van der Waals surface area contributed by atoms with Crippen LogP contribution in [-0.4, -0.2) is 25.0 Å². The fraction of sp³-hybridized carbons (Fsp3) is 0.500. The molecule has 0 radical (unpaired) electrons. The van der Waals surface area contributed by atoms with Gasteiger partial charge in [-0.25, -0.2) is 4.79 Å².